The van der Waals surface area contributed by atoms with Gasteiger partial charge in [0, 0.05) is 35.0 Å². The van der Waals surface area contributed by atoms with Gasteiger partial charge in [0.1, 0.15) is 29.8 Å². The quantitative estimate of drug-likeness (QED) is 0.224. The fraction of sp³-hybridized carbons (Fsp3) is 0.500. The Hall–Kier alpha value is -4.48. The molecule has 5 rings (SSSR count). The summed E-state index contributed by atoms with van der Waals surface area (Å²) in [4.78, 5) is 57.2. The van der Waals surface area contributed by atoms with Crippen molar-refractivity contribution < 1.29 is 37.4 Å². The van der Waals surface area contributed by atoms with Crippen molar-refractivity contribution in [3.05, 3.63) is 65.6 Å². The fourth-order valence-corrected chi connectivity index (χ4v) is 6.91. The Kier molecular flexibility index (Phi) is 10.7. The lowest BCUT2D eigenvalue weighted by Crippen LogP contribution is -2.49. The highest BCUT2D eigenvalue weighted by Crippen LogP contribution is 2.39. The molecule has 3 atom stereocenters. The van der Waals surface area contributed by atoms with Gasteiger partial charge in [-0.2, -0.15) is 0 Å². The Morgan fingerprint density at radius 2 is 1.71 bits per heavy atom. The van der Waals surface area contributed by atoms with E-state index in [2.05, 4.69) is 15.6 Å². The summed E-state index contributed by atoms with van der Waals surface area (Å²) in [6.07, 6.45) is 1.92. The lowest BCUT2D eigenvalue weighted by molar-refractivity contribution is -0.141. The number of carbonyl (C=O) groups excluding carboxylic acids is 4. The van der Waals surface area contributed by atoms with Crippen LogP contribution in [0.5, 0.6) is 0 Å². The summed E-state index contributed by atoms with van der Waals surface area (Å²) in [5, 5.41) is 6.33. The normalized spacial score (nSPS) is 21.8. The summed E-state index contributed by atoms with van der Waals surface area (Å²) in [6.45, 7) is 6.80. The number of aromatic nitrogens is 1. The summed E-state index contributed by atoms with van der Waals surface area (Å²) >= 11 is 0. The van der Waals surface area contributed by atoms with Gasteiger partial charge in [-0.3, -0.25) is 9.59 Å². The zero-order valence-electron chi connectivity index (χ0n) is 27.8. The molecule has 1 aliphatic heterocycles. The number of alkyl halides is 1. The number of hydrogen-bond acceptors (Lipinski definition) is 6. The Morgan fingerprint density at radius 1 is 1.00 bits per heavy atom. The molecular formula is C36H44F2N4O6. The SMILES string of the molecule is CCOC(=O)c1cc2cc(NC(=O)[C@@H]3[C@@H](c4ccc(F)cc4)CCN3C(=O)[C@H]3CC[C@H]([C@@H](CF)NC(=O)OC(C)(C)C)CC3)ccc2[nH]1. The van der Waals surface area contributed by atoms with Crippen molar-refractivity contribution in [3.63, 3.8) is 0 Å². The van der Waals surface area contributed by atoms with E-state index in [-0.39, 0.29) is 36.2 Å². The van der Waals surface area contributed by atoms with Crippen molar-refractivity contribution in [1.29, 1.82) is 0 Å². The molecule has 0 bridgehead atoms. The number of likely N-dealkylation sites (tertiary alicyclic amines) is 1. The maximum atomic E-state index is 14.0. The summed E-state index contributed by atoms with van der Waals surface area (Å²) in [5.74, 6) is -2.25. The fourth-order valence-electron chi connectivity index (χ4n) is 6.91. The van der Waals surface area contributed by atoms with E-state index in [0.29, 0.717) is 60.9 Å². The minimum Gasteiger partial charge on any atom is -0.461 e. The van der Waals surface area contributed by atoms with Crippen molar-refractivity contribution in [2.45, 2.75) is 83.4 Å². The maximum Gasteiger partial charge on any atom is 0.407 e. The van der Waals surface area contributed by atoms with Crippen LogP contribution >= 0.6 is 0 Å². The van der Waals surface area contributed by atoms with Gasteiger partial charge < -0.3 is 30.0 Å². The number of nitrogens with one attached hydrogen (secondary N) is 3. The number of amides is 3. The second kappa shape index (κ2) is 14.7. The molecule has 10 nitrogen and oxygen atoms in total. The molecule has 2 aliphatic rings. The molecule has 1 aromatic heterocycles. The molecule has 48 heavy (non-hydrogen) atoms. The van der Waals surface area contributed by atoms with Crippen LogP contribution in [0, 0.1) is 17.7 Å². The maximum absolute atomic E-state index is 14.0. The number of alkyl carbamates (subject to hydrolysis) is 1. The number of fused-ring (bicyclic) bond motifs is 1. The molecule has 2 fully saturated rings. The Bertz CT molecular complexity index is 1630. The number of rotatable bonds is 9. The Balaban J connectivity index is 1.30. The van der Waals surface area contributed by atoms with Crippen LogP contribution in [0.25, 0.3) is 10.9 Å². The lowest BCUT2D eigenvalue weighted by atomic mass is 9.78. The first-order valence-corrected chi connectivity index (χ1v) is 16.6. The highest BCUT2D eigenvalue weighted by atomic mass is 19.1. The Morgan fingerprint density at radius 3 is 2.35 bits per heavy atom. The highest BCUT2D eigenvalue weighted by Gasteiger charge is 2.45. The number of aromatic amines is 1. The van der Waals surface area contributed by atoms with E-state index in [1.807, 2.05) is 0 Å². The zero-order valence-corrected chi connectivity index (χ0v) is 27.8. The largest absolute Gasteiger partial charge is 0.461 e. The molecule has 1 saturated heterocycles. The van der Waals surface area contributed by atoms with Gasteiger partial charge in [0.2, 0.25) is 11.8 Å². The predicted octanol–water partition coefficient (Wildman–Crippen LogP) is 6.48. The summed E-state index contributed by atoms with van der Waals surface area (Å²) in [5.41, 5.74) is 1.54. The van der Waals surface area contributed by atoms with Gasteiger partial charge in [0.05, 0.1) is 12.6 Å². The molecule has 1 saturated carbocycles. The first-order valence-electron chi connectivity index (χ1n) is 16.6. The van der Waals surface area contributed by atoms with E-state index in [4.69, 9.17) is 9.47 Å². The van der Waals surface area contributed by atoms with Gasteiger partial charge in [-0.15, -0.1) is 0 Å². The van der Waals surface area contributed by atoms with Gasteiger partial charge in [-0.25, -0.2) is 18.4 Å². The van der Waals surface area contributed by atoms with Gasteiger partial charge >= 0.3 is 12.1 Å². The van der Waals surface area contributed by atoms with E-state index in [1.54, 1.807) is 69.0 Å². The molecular weight excluding hydrogens is 622 g/mol. The summed E-state index contributed by atoms with van der Waals surface area (Å²) < 4.78 is 38.2. The van der Waals surface area contributed by atoms with Crippen LogP contribution in [0.15, 0.2) is 48.5 Å². The third-order valence-electron chi connectivity index (χ3n) is 9.19. The number of nitrogens with zero attached hydrogens (tertiary/aromatic N) is 1. The van der Waals surface area contributed by atoms with Crippen LogP contribution in [0.1, 0.15) is 81.8 Å². The monoisotopic (exact) mass is 666 g/mol. The van der Waals surface area contributed by atoms with E-state index < -0.39 is 42.2 Å². The van der Waals surface area contributed by atoms with Crippen LogP contribution < -0.4 is 10.6 Å². The van der Waals surface area contributed by atoms with Crippen LogP contribution in [-0.2, 0) is 19.1 Å². The highest BCUT2D eigenvalue weighted by molar-refractivity contribution is 6.01. The molecule has 0 spiro atoms. The number of ether oxygens (including phenoxy) is 2. The second-order valence-electron chi connectivity index (χ2n) is 13.6. The number of esters is 1. The number of carbonyl (C=O) groups is 4. The van der Waals surface area contributed by atoms with Gasteiger partial charge in [-0.05, 0) is 108 Å². The van der Waals surface area contributed by atoms with E-state index in [1.165, 1.54) is 12.1 Å². The molecule has 12 heteroatoms. The summed E-state index contributed by atoms with van der Waals surface area (Å²) in [6, 6.07) is 11.3. The van der Waals surface area contributed by atoms with E-state index >= 15 is 0 Å². The first-order chi connectivity index (χ1) is 22.9. The van der Waals surface area contributed by atoms with E-state index in [0.717, 1.165) is 5.56 Å². The second-order valence-corrected chi connectivity index (χ2v) is 13.6. The topological polar surface area (TPSA) is 130 Å². The zero-order chi connectivity index (χ0) is 34.6. The number of benzene rings is 2. The van der Waals surface area contributed by atoms with Crippen LogP contribution in [0.2, 0.25) is 0 Å². The van der Waals surface area contributed by atoms with Crippen LogP contribution in [-0.4, -0.2) is 71.3 Å². The number of halogens is 2. The molecule has 1 aliphatic carbocycles. The molecule has 0 radical (unpaired) electrons. The Labute approximate surface area is 278 Å². The smallest absolute Gasteiger partial charge is 0.407 e. The van der Waals surface area contributed by atoms with Gasteiger partial charge in [0.15, 0.2) is 0 Å². The van der Waals surface area contributed by atoms with Crippen molar-refractivity contribution in [1.82, 2.24) is 15.2 Å². The lowest BCUT2D eigenvalue weighted by Gasteiger charge is -2.36. The molecule has 258 valence electrons. The molecule has 0 unspecified atom stereocenters. The van der Waals surface area contributed by atoms with Crippen molar-refractivity contribution in [3.8, 4) is 0 Å². The van der Waals surface area contributed by atoms with Crippen molar-refractivity contribution in [2.24, 2.45) is 11.8 Å². The average molecular weight is 667 g/mol. The third-order valence-corrected chi connectivity index (χ3v) is 9.19. The molecule has 2 aromatic carbocycles. The predicted molar refractivity (Wildman–Crippen MR) is 177 cm³/mol. The molecule has 3 amide bonds. The van der Waals surface area contributed by atoms with Gasteiger partial charge in [0.25, 0.3) is 0 Å². The van der Waals surface area contributed by atoms with Crippen molar-refractivity contribution in [2.75, 3.05) is 25.1 Å². The van der Waals surface area contributed by atoms with Crippen LogP contribution in [0.4, 0.5) is 19.3 Å². The number of H-pyrrole nitrogens is 1. The minimum atomic E-state index is -0.842. The standard InChI is InChI=1S/C36H44F2N4O6/c1-5-47-34(45)29-19-24-18-26(14-15-28(24)40-29)39-32(43)31-27(21-10-12-25(38)13-11-21)16-17-42(31)33(44)23-8-6-22(7-9-23)30(20-37)41-35(46)48-36(2,3)4/h10-15,18-19,22-23,27,30-31,40H,5-9,16-17,20H2,1-4H3,(H,39,43)(H,41,46)/t22-,23-,27-,30-,31+/m1/s1. The molecule has 3 N–H and O–H groups in total. The number of anilines is 1. The van der Waals surface area contributed by atoms with Gasteiger partial charge in [-0.1, -0.05) is 12.1 Å². The average Bonchev–Trinajstić information content (AvgIpc) is 3.68. The summed E-state index contributed by atoms with van der Waals surface area (Å²) in [7, 11) is 0. The molecule has 3 aromatic rings. The van der Waals surface area contributed by atoms with E-state index in [9.17, 15) is 28.0 Å². The van der Waals surface area contributed by atoms with Crippen LogP contribution in [0.3, 0.4) is 0 Å². The van der Waals surface area contributed by atoms with Crippen molar-refractivity contribution >= 4 is 40.5 Å². The minimum absolute atomic E-state index is 0.143. The first kappa shape index (κ1) is 34.8. The number of hydrogen-bond donors (Lipinski definition) is 3. The third kappa shape index (κ3) is 8.14. The molecule has 2 heterocycles.